The Labute approximate surface area is 119 Å². The summed E-state index contributed by atoms with van der Waals surface area (Å²) in [7, 11) is 2.14. The first kappa shape index (κ1) is 12.8. The van der Waals surface area contributed by atoms with E-state index in [0.29, 0.717) is 5.88 Å². The molecule has 0 saturated heterocycles. The number of halogens is 1. The van der Waals surface area contributed by atoms with Crippen LogP contribution >= 0.6 is 11.6 Å². The lowest BCUT2D eigenvalue weighted by atomic mass is 10.1. The van der Waals surface area contributed by atoms with Crippen LogP contribution in [0.3, 0.4) is 0 Å². The predicted octanol–water partition coefficient (Wildman–Crippen LogP) is 3.70. The van der Waals surface area contributed by atoms with Gasteiger partial charge < -0.3 is 9.30 Å². The maximum atomic E-state index is 6.13. The van der Waals surface area contributed by atoms with Crippen LogP contribution in [-0.2, 0) is 5.88 Å². The molecule has 3 nitrogen and oxygen atoms in total. The second-order valence-corrected chi connectivity index (χ2v) is 5.74. The Bertz CT molecular complexity index is 558. The van der Waals surface area contributed by atoms with Gasteiger partial charge in [0.25, 0.3) is 0 Å². The van der Waals surface area contributed by atoms with E-state index < -0.39 is 0 Å². The minimum atomic E-state index is 0.496. The summed E-state index contributed by atoms with van der Waals surface area (Å²) in [6.07, 6.45) is 7.51. The largest absolute Gasteiger partial charge is 0.358 e. The number of hydrogen-bond donors (Lipinski definition) is 0. The second-order valence-electron chi connectivity index (χ2n) is 5.48. The van der Waals surface area contributed by atoms with E-state index in [9.17, 15) is 0 Å². The molecule has 0 bridgehead atoms. The summed E-state index contributed by atoms with van der Waals surface area (Å²) in [6.45, 7) is 1.09. The molecule has 0 N–H and O–H groups in total. The summed E-state index contributed by atoms with van der Waals surface area (Å²) < 4.78 is 2.09. The average molecular weight is 278 g/mol. The van der Waals surface area contributed by atoms with Crippen molar-refractivity contribution in [2.24, 2.45) is 5.92 Å². The highest BCUT2D eigenvalue weighted by Crippen LogP contribution is 2.28. The van der Waals surface area contributed by atoms with E-state index in [2.05, 4.69) is 16.3 Å². The normalized spacial score (nSPS) is 16.3. The van der Waals surface area contributed by atoms with Crippen LogP contribution in [0.4, 0.5) is 5.82 Å². The number of hydrogen-bond acceptors (Lipinski definition) is 2. The minimum Gasteiger partial charge on any atom is -0.358 e. The van der Waals surface area contributed by atoms with Gasteiger partial charge in [-0.3, -0.25) is 0 Å². The molecule has 3 rings (SSSR count). The van der Waals surface area contributed by atoms with Gasteiger partial charge in [0.15, 0.2) is 5.82 Å². The van der Waals surface area contributed by atoms with Crippen molar-refractivity contribution >= 4 is 23.1 Å². The molecule has 0 unspecified atom stereocenters. The molecule has 102 valence electrons. The second kappa shape index (κ2) is 5.41. The standard InChI is InChI=1S/C15H20ClN3/c1-18(11-12-6-2-3-7-12)15-13(10-16)19-9-5-4-8-14(19)17-15/h4-5,8-9,12H,2-3,6-7,10-11H2,1H3. The lowest BCUT2D eigenvalue weighted by molar-refractivity contribution is 0.545. The van der Waals surface area contributed by atoms with E-state index in [1.54, 1.807) is 0 Å². The van der Waals surface area contributed by atoms with Crippen molar-refractivity contribution in [2.45, 2.75) is 31.6 Å². The minimum absolute atomic E-state index is 0.496. The van der Waals surface area contributed by atoms with Gasteiger partial charge in [-0.15, -0.1) is 11.6 Å². The molecule has 0 spiro atoms. The number of pyridine rings is 1. The van der Waals surface area contributed by atoms with Crippen molar-refractivity contribution in [3.05, 3.63) is 30.1 Å². The summed E-state index contributed by atoms with van der Waals surface area (Å²) in [5.41, 5.74) is 2.07. The zero-order chi connectivity index (χ0) is 13.2. The molecule has 1 saturated carbocycles. The fraction of sp³-hybridized carbons (Fsp3) is 0.533. The Morgan fingerprint density at radius 3 is 2.89 bits per heavy atom. The third kappa shape index (κ3) is 2.44. The molecule has 2 heterocycles. The molecule has 19 heavy (non-hydrogen) atoms. The maximum absolute atomic E-state index is 6.13. The van der Waals surface area contributed by atoms with Crippen molar-refractivity contribution in [1.82, 2.24) is 9.38 Å². The molecule has 4 heteroatoms. The van der Waals surface area contributed by atoms with Gasteiger partial charge in [-0.25, -0.2) is 4.98 Å². The summed E-state index contributed by atoms with van der Waals surface area (Å²) in [5.74, 6) is 2.35. The highest BCUT2D eigenvalue weighted by atomic mass is 35.5. The van der Waals surface area contributed by atoms with E-state index in [1.165, 1.54) is 25.7 Å². The molecule has 1 aliphatic carbocycles. The first-order valence-electron chi connectivity index (χ1n) is 7.02. The van der Waals surface area contributed by atoms with Gasteiger partial charge in [0.05, 0.1) is 11.6 Å². The van der Waals surface area contributed by atoms with Crippen LogP contribution in [0.25, 0.3) is 5.65 Å². The first-order chi connectivity index (χ1) is 9.29. The van der Waals surface area contributed by atoms with Gasteiger partial charge in [0.1, 0.15) is 5.65 Å². The highest BCUT2D eigenvalue weighted by molar-refractivity contribution is 6.17. The van der Waals surface area contributed by atoms with Gasteiger partial charge in [-0.1, -0.05) is 18.9 Å². The molecular weight excluding hydrogens is 258 g/mol. The molecule has 0 amide bonds. The predicted molar refractivity (Wildman–Crippen MR) is 80.0 cm³/mol. The molecular formula is C15H20ClN3. The summed E-state index contributed by atoms with van der Waals surface area (Å²) in [6, 6.07) is 6.07. The van der Waals surface area contributed by atoms with Crippen molar-refractivity contribution in [1.29, 1.82) is 0 Å². The number of alkyl halides is 1. The quantitative estimate of drug-likeness (QED) is 0.795. The lowest BCUT2D eigenvalue weighted by Crippen LogP contribution is -2.25. The Balaban J connectivity index is 1.90. The summed E-state index contributed by atoms with van der Waals surface area (Å²) >= 11 is 6.13. The van der Waals surface area contributed by atoms with Crippen LogP contribution in [-0.4, -0.2) is 23.0 Å². The number of imidazole rings is 1. The third-order valence-electron chi connectivity index (χ3n) is 4.10. The molecule has 1 aliphatic rings. The van der Waals surface area contributed by atoms with Gasteiger partial charge in [-0.2, -0.15) is 0 Å². The zero-order valence-corrected chi connectivity index (χ0v) is 12.1. The Morgan fingerprint density at radius 1 is 1.37 bits per heavy atom. The van der Waals surface area contributed by atoms with E-state index in [-0.39, 0.29) is 0 Å². The number of rotatable bonds is 4. The number of nitrogens with zero attached hydrogens (tertiary/aromatic N) is 3. The monoisotopic (exact) mass is 277 g/mol. The molecule has 0 atom stereocenters. The average Bonchev–Trinajstić information content (AvgIpc) is 3.04. The summed E-state index contributed by atoms with van der Waals surface area (Å²) in [5, 5.41) is 0. The first-order valence-corrected chi connectivity index (χ1v) is 7.56. The van der Waals surface area contributed by atoms with Crippen LogP contribution < -0.4 is 4.90 Å². The van der Waals surface area contributed by atoms with E-state index in [1.807, 2.05) is 24.4 Å². The van der Waals surface area contributed by atoms with Crippen molar-refractivity contribution in [3.8, 4) is 0 Å². The number of fused-ring (bicyclic) bond motifs is 1. The maximum Gasteiger partial charge on any atom is 0.152 e. The van der Waals surface area contributed by atoms with Crippen molar-refractivity contribution in [2.75, 3.05) is 18.5 Å². The third-order valence-corrected chi connectivity index (χ3v) is 4.36. The van der Waals surface area contributed by atoms with Crippen molar-refractivity contribution in [3.63, 3.8) is 0 Å². The Morgan fingerprint density at radius 2 is 2.16 bits per heavy atom. The topological polar surface area (TPSA) is 20.5 Å². The van der Waals surface area contributed by atoms with Crippen molar-refractivity contribution < 1.29 is 0 Å². The van der Waals surface area contributed by atoms with Crippen LogP contribution in [0.5, 0.6) is 0 Å². The molecule has 0 aliphatic heterocycles. The van der Waals surface area contributed by atoms with Gasteiger partial charge in [0.2, 0.25) is 0 Å². The van der Waals surface area contributed by atoms with Crippen LogP contribution in [0.2, 0.25) is 0 Å². The number of aromatic nitrogens is 2. The molecule has 0 aromatic carbocycles. The lowest BCUT2D eigenvalue weighted by Gasteiger charge is -2.21. The van der Waals surface area contributed by atoms with Crippen LogP contribution in [0, 0.1) is 5.92 Å². The van der Waals surface area contributed by atoms with Gasteiger partial charge >= 0.3 is 0 Å². The fourth-order valence-electron chi connectivity index (χ4n) is 3.13. The van der Waals surface area contributed by atoms with E-state index in [4.69, 9.17) is 16.6 Å². The van der Waals surface area contributed by atoms with Gasteiger partial charge in [-0.05, 0) is 30.9 Å². The van der Waals surface area contributed by atoms with Gasteiger partial charge in [0, 0.05) is 19.8 Å². The van der Waals surface area contributed by atoms with E-state index in [0.717, 1.165) is 29.6 Å². The smallest absolute Gasteiger partial charge is 0.152 e. The van der Waals surface area contributed by atoms with Crippen LogP contribution in [0.1, 0.15) is 31.4 Å². The number of anilines is 1. The zero-order valence-electron chi connectivity index (χ0n) is 11.3. The SMILES string of the molecule is CN(CC1CCCC1)c1nc2ccccn2c1CCl. The van der Waals surface area contributed by atoms with E-state index >= 15 is 0 Å². The molecule has 2 aromatic rings. The highest BCUT2D eigenvalue weighted by Gasteiger charge is 2.20. The van der Waals surface area contributed by atoms with Crippen LogP contribution in [0.15, 0.2) is 24.4 Å². The molecule has 0 radical (unpaired) electrons. The fourth-order valence-corrected chi connectivity index (χ4v) is 3.38. The molecule has 2 aromatic heterocycles. The summed E-state index contributed by atoms with van der Waals surface area (Å²) in [4.78, 5) is 7.01. The molecule has 1 fully saturated rings. The Kier molecular flexibility index (Phi) is 3.65. The Hall–Kier alpha value is -1.22.